The van der Waals surface area contributed by atoms with Crippen LogP contribution in [-0.4, -0.2) is 75.2 Å². The van der Waals surface area contributed by atoms with Crippen LogP contribution in [0, 0.1) is 11.8 Å². The average Bonchev–Trinajstić information content (AvgIpc) is 2.89. The lowest BCUT2D eigenvalue weighted by Crippen LogP contribution is -2.42. The minimum atomic E-state index is -1.66. The Labute approximate surface area is 224 Å². The summed E-state index contributed by atoms with van der Waals surface area (Å²) in [6.45, 7) is 8.05. The van der Waals surface area contributed by atoms with Crippen molar-refractivity contribution in [2.45, 2.75) is 79.1 Å². The van der Waals surface area contributed by atoms with E-state index in [1.165, 1.54) is 0 Å². The van der Waals surface area contributed by atoms with E-state index in [1.807, 2.05) is 0 Å². The van der Waals surface area contributed by atoms with Crippen LogP contribution in [0.4, 0.5) is 0 Å². The third kappa shape index (κ3) is 14.5. The van der Waals surface area contributed by atoms with Crippen LogP contribution in [0.25, 0.3) is 0 Å². The van der Waals surface area contributed by atoms with Crippen LogP contribution in [0.5, 0.6) is 0 Å². The highest BCUT2D eigenvalue weighted by Crippen LogP contribution is 2.08. The minimum absolute atomic E-state index is 0.0980. The van der Waals surface area contributed by atoms with E-state index in [1.54, 1.807) is 27.7 Å². The lowest BCUT2D eigenvalue weighted by Gasteiger charge is -2.15. The van der Waals surface area contributed by atoms with Gasteiger partial charge in [-0.2, -0.15) is 0 Å². The van der Waals surface area contributed by atoms with Crippen molar-refractivity contribution in [2.24, 2.45) is 11.8 Å². The summed E-state index contributed by atoms with van der Waals surface area (Å²) < 4.78 is 19.8. The van der Waals surface area contributed by atoms with Gasteiger partial charge in [-0.3, -0.25) is 28.8 Å². The summed E-state index contributed by atoms with van der Waals surface area (Å²) in [5.41, 5.74) is 0. The zero-order chi connectivity index (χ0) is 28.8. The maximum Gasteiger partial charge on any atom is 0.330 e. The van der Waals surface area contributed by atoms with Crippen LogP contribution in [0.2, 0.25) is 0 Å². The molecule has 0 saturated heterocycles. The van der Waals surface area contributed by atoms with Crippen LogP contribution in [0.3, 0.4) is 0 Å². The number of hydrogen-bond donors (Lipinski definition) is 2. The SMILES string of the molecule is CCCOC(=O)C(C(=O)NCCCCCCNC(=O)C(C(=O)OCCC)C(=O)OCCC)C(=O)OCCC. The standard InChI is InChI=1S/C26H44N2O10/c1-5-15-35-23(31)19(24(32)36-16-6-2)21(29)27-13-11-9-10-12-14-28-22(30)20(25(33)37-17-7-3)26(34)38-18-8-4/h19-20H,5-18H2,1-4H3,(H,27,29)(H,28,30). The van der Waals surface area contributed by atoms with E-state index in [9.17, 15) is 28.8 Å². The second-order valence-corrected chi connectivity index (χ2v) is 8.53. The van der Waals surface area contributed by atoms with Crippen molar-refractivity contribution >= 4 is 35.7 Å². The molecule has 0 aliphatic carbocycles. The highest BCUT2D eigenvalue weighted by molar-refractivity contribution is 6.14. The fourth-order valence-corrected chi connectivity index (χ4v) is 3.00. The third-order valence-electron chi connectivity index (χ3n) is 4.96. The van der Waals surface area contributed by atoms with Crippen LogP contribution >= 0.6 is 0 Å². The Bertz CT molecular complexity index is 654. The summed E-state index contributed by atoms with van der Waals surface area (Å²) in [4.78, 5) is 73.5. The molecule has 0 rings (SSSR count). The molecule has 0 unspecified atom stereocenters. The minimum Gasteiger partial charge on any atom is -0.465 e. The van der Waals surface area contributed by atoms with Gasteiger partial charge in [-0.25, -0.2) is 0 Å². The summed E-state index contributed by atoms with van der Waals surface area (Å²) in [5, 5.41) is 5.13. The smallest absolute Gasteiger partial charge is 0.330 e. The number of nitrogens with one attached hydrogen (secondary N) is 2. The Morgan fingerprint density at radius 1 is 0.474 bits per heavy atom. The van der Waals surface area contributed by atoms with Gasteiger partial charge in [-0.1, -0.05) is 40.5 Å². The maximum absolute atomic E-state index is 12.4. The van der Waals surface area contributed by atoms with Gasteiger partial charge in [0.2, 0.25) is 23.7 Å². The number of carbonyl (C=O) groups is 6. The fraction of sp³-hybridized carbons (Fsp3) is 0.769. The first kappa shape index (κ1) is 34.8. The van der Waals surface area contributed by atoms with Gasteiger partial charge in [-0.05, 0) is 38.5 Å². The van der Waals surface area contributed by atoms with Gasteiger partial charge < -0.3 is 29.6 Å². The van der Waals surface area contributed by atoms with Gasteiger partial charge in [-0.15, -0.1) is 0 Å². The Balaban J connectivity index is 4.50. The van der Waals surface area contributed by atoms with Gasteiger partial charge in [0.25, 0.3) is 0 Å². The zero-order valence-electron chi connectivity index (χ0n) is 23.1. The summed E-state index contributed by atoms with van der Waals surface area (Å²) in [7, 11) is 0. The summed E-state index contributed by atoms with van der Waals surface area (Å²) in [6, 6.07) is 0. The number of hydrogen-bond acceptors (Lipinski definition) is 10. The van der Waals surface area contributed by atoms with Crippen molar-refractivity contribution in [1.29, 1.82) is 0 Å². The van der Waals surface area contributed by atoms with E-state index < -0.39 is 47.5 Å². The van der Waals surface area contributed by atoms with Crippen molar-refractivity contribution in [3.63, 3.8) is 0 Å². The lowest BCUT2D eigenvalue weighted by atomic mass is 10.1. The average molecular weight is 545 g/mol. The molecule has 0 aromatic carbocycles. The fourth-order valence-electron chi connectivity index (χ4n) is 3.00. The molecular weight excluding hydrogens is 500 g/mol. The van der Waals surface area contributed by atoms with Gasteiger partial charge >= 0.3 is 23.9 Å². The normalized spacial score (nSPS) is 10.6. The number of esters is 4. The maximum atomic E-state index is 12.4. The van der Waals surface area contributed by atoms with Crippen molar-refractivity contribution < 1.29 is 47.7 Å². The first-order chi connectivity index (χ1) is 18.2. The second-order valence-electron chi connectivity index (χ2n) is 8.53. The molecule has 0 fully saturated rings. The Morgan fingerprint density at radius 2 is 0.737 bits per heavy atom. The molecule has 218 valence electrons. The molecule has 12 heteroatoms. The van der Waals surface area contributed by atoms with E-state index in [4.69, 9.17) is 18.9 Å². The van der Waals surface area contributed by atoms with Crippen molar-refractivity contribution in [3.05, 3.63) is 0 Å². The van der Waals surface area contributed by atoms with Crippen LogP contribution < -0.4 is 10.6 Å². The van der Waals surface area contributed by atoms with Crippen molar-refractivity contribution in [2.75, 3.05) is 39.5 Å². The molecule has 0 spiro atoms. The first-order valence-corrected chi connectivity index (χ1v) is 13.5. The Hall–Kier alpha value is -3.18. The van der Waals surface area contributed by atoms with E-state index >= 15 is 0 Å². The second kappa shape index (κ2) is 21.9. The quantitative estimate of drug-likeness (QED) is 0.0943. The first-order valence-electron chi connectivity index (χ1n) is 13.5. The molecule has 0 aromatic rings. The van der Waals surface area contributed by atoms with Crippen LogP contribution in [0.15, 0.2) is 0 Å². The Morgan fingerprint density at radius 3 is 0.974 bits per heavy atom. The van der Waals surface area contributed by atoms with E-state index in [0.717, 1.165) is 0 Å². The molecule has 2 amide bonds. The predicted octanol–water partition coefficient (Wildman–Crippen LogP) is 1.82. The number of amides is 2. The molecule has 12 nitrogen and oxygen atoms in total. The summed E-state index contributed by atoms with van der Waals surface area (Å²) in [5.74, 6) is -8.60. The van der Waals surface area contributed by atoms with E-state index in [-0.39, 0.29) is 39.5 Å². The monoisotopic (exact) mass is 544 g/mol. The topological polar surface area (TPSA) is 163 Å². The molecule has 0 saturated carbocycles. The number of carbonyl (C=O) groups excluding carboxylic acids is 6. The van der Waals surface area contributed by atoms with Gasteiger partial charge in [0.1, 0.15) is 0 Å². The molecule has 0 heterocycles. The molecule has 0 bridgehead atoms. The molecule has 0 aliphatic heterocycles. The number of rotatable bonds is 21. The molecule has 38 heavy (non-hydrogen) atoms. The van der Waals surface area contributed by atoms with Crippen LogP contribution in [-0.2, 0) is 47.7 Å². The third-order valence-corrected chi connectivity index (χ3v) is 4.96. The Kier molecular flexibility index (Phi) is 20.0. The zero-order valence-corrected chi connectivity index (χ0v) is 23.1. The van der Waals surface area contributed by atoms with E-state index in [0.29, 0.717) is 51.4 Å². The summed E-state index contributed by atoms with van der Waals surface area (Å²) >= 11 is 0. The number of ether oxygens (including phenoxy) is 4. The predicted molar refractivity (Wildman–Crippen MR) is 136 cm³/mol. The van der Waals surface area contributed by atoms with Gasteiger partial charge in [0, 0.05) is 13.1 Å². The van der Waals surface area contributed by atoms with Gasteiger partial charge in [0.05, 0.1) is 26.4 Å². The molecule has 0 atom stereocenters. The van der Waals surface area contributed by atoms with Crippen molar-refractivity contribution in [1.82, 2.24) is 10.6 Å². The van der Waals surface area contributed by atoms with E-state index in [2.05, 4.69) is 10.6 Å². The van der Waals surface area contributed by atoms with Gasteiger partial charge in [0.15, 0.2) is 0 Å². The van der Waals surface area contributed by atoms with Crippen molar-refractivity contribution in [3.8, 4) is 0 Å². The molecule has 0 radical (unpaired) electrons. The number of unbranched alkanes of at least 4 members (excludes halogenated alkanes) is 3. The summed E-state index contributed by atoms with van der Waals surface area (Å²) in [6.07, 6.45) is 4.71. The van der Waals surface area contributed by atoms with Crippen LogP contribution in [0.1, 0.15) is 79.1 Å². The molecular formula is C26H44N2O10. The lowest BCUT2D eigenvalue weighted by molar-refractivity contribution is -0.167. The molecule has 2 N–H and O–H groups in total. The highest BCUT2D eigenvalue weighted by atomic mass is 16.6. The largest absolute Gasteiger partial charge is 0.465 e. The highest BCUT2D eigenvalue weighted by Gasteiger charge is 2.37. The molecule has 0 aromatic heterocycles. The molecule has 0 aliphatic rings.